The molecule has 0 aliphatic heterocycles. The Bertz CT molecular complexity index is 938. The van der Waals surface area contributed by atoms with Gasteiger partial charge in [-0.2, -0.15) is 26.3 Å². The average Bonchev–Trinajstić information content (AvgIpc) is 3.46. The number of aliphatic hydroxyl groups is 2. The van der Waals surface area contributed by atoms with E-state index < -0.39 is 24.1 Å². The van der Waals surface area contributed by atoms with Gasteiger partial charge in [0, 0.05) is 0 Å². The van der Waals surface area contributed by atoms with Crippen molar-refractivity contribution in [3.8, 4) is 0 Å². The Morgan fingerprint density at radius 2 is 1.61 bits per heavy atom. The number of hydrogen-bond donors (Lipinski definition) is 2. The highest BCUT2D eigenvalue weighted by atomic mass is 19.4. The molecule has 4 atom stereocenters. The van der Waals surface area contributed by atoms with E-state index in [1.165, 1.54) is 5.57 Å². The second kappa shape index (κ2) is 9.33. The van der Waals surface area contributed by atoms with Gasteiger partial charge in [-0.1, -0.05) is 37.3 Å². The second-order valence-electron chi connectivity index (χ2n) is 11.6. The molecule has 2 N–H and O–H groups in total. The fraction of sp³-hybridized carbons (Fsp3) is 0.714. The van der Waals surface area contributed by atoms with Crippen LogP contribution in [-0.2, 0) is 0 Å². The molecule has 8 heteroatoms. The molecule has 4 fully saturated rings. The van der Waals surface area contributed by atoms with Crippen molar-refractivity contribution in [2.24, 2.45) is 22.7 Å². The van der Waals surface area contributed by atoms with Crippen LogP contribution in [-0.4, -0.2) is 34.3 Å². The minimum atomic E-state index is -5.83. The molecule has 36 heavy (non-hydrogen) atoms. The smallest absolute Gasteiger partial charge is 0.388 e. The first-order valence-electron chi connectivity index (χ1n) is 12.9. The summed E-state index contributed by atoms with van der Waals surface area (Å²) in [6.07, 6.45) is 1.95. The van der Waals surface area contributed by atoms with Crippen molar-refractivity contribution in [1.82, 2.24) is 0 Å². The minimum absolute atomic E-state index is 0.0552. The SMILES string of the molecule is C=C1/C(=C\C=C2/CCC[C@@]3(C)C2CC[C@@H]3C2(C/C=C\C(O)(C(F)(F)F)C(F)(F)F)CC2)CCC[C@@H]1O. The van der Waals surface area contributed by atoms with Crippen LogP contribution in [0.15, 0.2) is 47.6 Å². The third-order valence-corrected chi connectivity index (χ3v) is 9.58. The summed E-state index contributed by atoms with van der Waals surface area (Å²) in [7, 11) is 0. The van der Waals surface area contributed by atoms with Gasteiger partial charge in [0.05, 0.1) is 6.10 Å². The van der Waals surface area contributed by atoms with Crippen LogP contribution in [0.1, 0.15) is 77.6 Å². The lowest BCUT2D eigenvalue weighted by Crippen LogP contribution is -2.55. The van der Waals surface area contributed by atoms with Gasteiger partial charge in [0.15, 0.2) is 0 Å². The maximum absolute atomic E-state index is 13.1. The Balaban J connectivity index is 1.52. The molecule has 0 radical (unpaired) electrons. The van der Waals surface area contributed by atoms with Crippen LogP contribution in [0.25, 0.3) is 0 Å². The quantitative estimate of drug-likeness (QED) is 0.289. The predicted octanol–water partition coefficient (Wildman–Crippen LogP) is 7.74. The van der Waals surface area contributed by atoms with Crippen LogP contribution in [0, 0.1) is 22.7 Å². The molecule has 4 saturated carbocycles. The number of fused-ring (bicyclic) bond motifs is 1. The summed E-state index contributed by atoms with van der Waals surface area (Å²) < 4.78 is 78.4. The maximum Gasteiger partial charge on any atom is 0.429 e. The van der Waals surface area contributed by atoms with Gasteiger partial charge in [-0.15, -0.1) is 0 Å². The zero-order valence-electron chi connectivity index (χ0n) is 20.7. The first-order valence-corrected chi connectivity index (χ1v) is 12.9. The number of alkyl halides is 6. The summed E-state index contributed by atoms with van der Waals surface area (Å²) in [6.45, 7) is 6.28. The standard InChI is InChI=1S/C28H36F6O2/c1-18-19(6-3-8-22(18)35)9-10-20-7-4-13-24(2)21(20)11-12-23(24)25(16-17-25)14-5-15-26(36,27(29,30)31)28(32,33)34/h5,9-10,15,21-23,35-36H,1,3-4,6-8,11-14,16-17H2,2H3/b15-5-,19-9-,20-10+/t21?,22-,23-,24-/m0/s1. The van der Waals surface area contributed by atoms with E-state index in [1.807, 2.05) is 0 Å². The topological polar surface area (TPSA) is 40.5 Å². The van der Waals surface area contributed by atoms with Crippen molar-refractivity contribution in [3.63, 3.8) is 0 Å². The van der Waals surface area contributed by atoms with Gasteiger partial charge in [-0.3, -0.25) is 0 Å². The summed E-state index contributed by atoms with van der Waals surface area (Å²) in [5.41, 5.74) is -1.98. The predicted molar refractivity (Wildman–Crippen MR) is 126 cm³/mol. The molecule has 0 saturated heterocycles. The summed E-state index contributed by atoms with van der Waals surface area (Å²) in [5.74, 6) is 0.547. The molecule has 0 spiro atoms. The number of hydrogen-bond acceptors (Lipinski definition) is 2. The van der Waals surface area contributed by atoms with Crippen LogP contribution in [0.2, 0.25) is 0 Å². The maximum atomic E-state index is 13.1. The number of halogens is 6. The molecule has 0 amide bonds. The molecule has 4 aliphatic rings. The summed E-state index contributed by atoms with van der Waals surface area (Å²) in [5, 5.41) is 19.6. The number of rotatable bonds is 5. The molecule has 0 bridgehead atoms. The van der Waals surface area contributed by atoms with E-state index in [-0.39, 0.29) is 29.2 Å². The van der Waals surface area contributed by atoms with E-state index in [1.54, 1.807) is 0 Å². The largest absolute Gasteiger partial charge is 0.429 e. The van der Waals surface area contributed by atoms with Crippen molar-refractivity contribution in [3.05, 3.63) is 47.6 Å². The minimum Gasteiger partial charge on any atom is -0.388 e. The van der Waals surface area contributed by atoms with Gasteiger partial charge in [0.1, 0.15) is 0 Å². The molecule has 4 aliphatic carbocycles. The van der Waals surface area contributed by atoms with E-state index in [2.05, 4.69) is 25.7 Å². The fourth-order valence-electron chi connectivity index (χ4n) is 7.35. The molecular formula is C28H36F6O2. The Morgan fingerprint density at radius 3 is 2.22 bits per heavy atom. The van der Waals surface area contributed by atoms with Gasteiger partial charge < -0.3 is 10.2 Å². The van der Waals surface area contributed by atoms with E-state index in [4.69, 9.17) is 0 Å². The molecule has 0 aromatic heterocycles. The van der Waals surface area contributed by atoms with E-state index >= 15 is 0 Å². The number of aliphatic hydroxyl groups excluding tert-OH is 1. The van der Waals surface area contributed by atoms with E-state index in [0.29, 0.717) is 5.92 Å². The highest BCUT2D eigenvalue weighted by Gasteiger charge is 2.69. The lowest BCUT2D eigenvalue weighted by atomic mass is 9.59. The van der Waals surface area contributed by atoms with E-state index in [0.717, 1.165) is 81.4 Å². The van der Waals surface area contributed by atoms with Gasteiger partial charge >= 0.3 is 12.4 Å². The van der Waals surface area contributed by atoms with Gasteiger partial charge in [-0.25, -0.2) is 0 Å². The van der Waals surface area contributed by atoms with E-state index in [9.17, 15) is 36.6 Å². The Morgan fingerprint density at radius 1 is 0.944 bits per heavy atom. The molecule has 4 rings (SSSR count). The highest BCUT2D eigenvalue weighted by molar-refractivity contribution is 5.38. The van der Waals surface area contributed by atoms with Gasteiger partial charge in [0.25, 0.3) is 5.60 Å². The van der Waals surface area contributed by atoms with Crippen molar-refractivity contribution in [1.29, 1.82) is 0 Å². The van der Waals surface area contributed by atoms with Gasteiger partial charge in [0.2, 0.25) is 0 Å². The molecule has 202 valence electrons. The molecular weight excluding hydrogens is 482 g/mol. The van der Waals surface area contributed by atoms with Crippen molar-refractivity contribution < 1.29 is 36.6 Å². The first-order chi connectivity index (χ1) is 16.6. The lowest BCUT2D eigenvalue weighted by Gasteiger charge is -2.45. The number of allylic oxidation sites excluding steroid dienone is 4. The summed E-state index contributed by atoms with van der Waals surface area (Å²) >= 11 is 0. The molecule has 1 unspecified atom stereocenters. The van der Waals surface area contributed by atoms with Crippen molar-refractivity contribution in [2.75, 3.05) is 0 Å². The summed E-state index contributed by atoms with van der Waals surface area (Å²) in [6, 6.07) is 0. The Kier molecular flexibility index (Phi) is 7.13. The highest BCUT2D eigenvalue weighted by Crippen LogP contribution is 2.69. The monoisotopic (exact) mass is 518 g/mol. The van der Waals surface area contributed by atoms with Crippen LogP contribution in [0.4, 0.5) is 26.3 Å². The second-order valence-corrected chi connectivity index (χ2v) is 11.6. The van der Waals surface area contributed by atoms with Crippen LogP contribution < -0.4 is 0 Å². The van der Waals surface area contributed by atoms with Crippen molar-refractivity contribution in [2.45, 2.75) is 102 Å². The fourth-order valence-corrected chi connectivity index (χ4v) is 7.35. The van der Waals surface area contributed by atoms with Gasteiger partial charge in [-0.05, 0) is 111 Å². The third-order valence-electron chi connectivity index (χ3n) is 9.58. The van der Waals surface area contributed by atoms with Crippen molar-refractivity contribution >= 4 is 0 Å². The normalized spacial score (nSPS) is 35.6. The van der Waals surface area contributed by atoms with Crippen LogP contribution in [0.3, 0.4) is 0 Å². The molecule has 0 aromatic rings. The Labute approximate surface area is 208 Å². The molecule has 0 heterocycles. The zero-order valence-corrected chi connectivity index (χ0v) is 20.7. The third kappa shape index (κ3) is 4.72. The first kappa shape index (κ1) is 27.5. The van der Waals surface area contributed by atoms with Crippen LogP contribution in [0.5, 0.6) is 0 Å². The molecule has 0 aromatic carbocycles. The summed E-state index contributed by atoms with van der Waals surface area (Å²) in [4.78, 5) is 0. The lowest BCUT2D eigenvalue weighted by molar-refractivity contribution is -0.347. The Hall–Kier alpha value is -1.54. The van der Waals surface area contributed by atoms with Crippen LogP contribution >= 0.6 is 0 Å². The molecule has 2 nitrogen and oxygen atoms in total. The average molecular weight is 519 g/mol. The zero-order chi connectivity index (χ0) is 26.6.